The van der Waals surface area contributed by atoms with Crippen molar-refractivity contribution < 1.29 is 19.2 Å². The van der Waals surface area contributed by atoms with E-state index in [1.165, 1.54) is 19.4 Å². The van der Waals surface area contributed by atoms with Crippen molar-refractivity contribution in [3.63, 3.8) is 0 Å². The number of benzene rings is 2. The summed E-state index contributed by atoms with van der Waals surface area (Å²) in [6, 6.07) is 16.7. The number of pyridine rings is 1. The zero-order valence-corrected chi connectivity index (χ0v) is 15.3. The Bertz CT molecular complexity index is 1210. The first-order chi connectivity index (χ1) is 14.0. The van der Waals surface area contributed by atoms with E-state index in [9.17, 15) is 14.9 Å². The van der Waals surface area contributed by atoms with Crippen molar-refractivity contribution in [3.8, 4) is 22.8 Å². The molecule has 2 aromatic heterocycles. The Kier molecular flexibility index (Phi) is 4.66. The van der Waals surface area contributed by atoms with Gasteiger partial charge in [-0.25, -0.2) is 9.78 Å². The standard InChI is InChI=1S/C21H15N3O5/c1-28-19-5-3-2-4-17(19)21(25)29-16-9-6-14(7-10-16)18-13-23-12-15(24(26)27)8-11-20(23)22-18/h2-13H,1H3. The molecule has 4 aromatic rings. The van der Waals surface area contributed by atoms with E-state index in [2.05, 4.69) is 4.98 Å². The SMILES string of the molecule is COc1ccccc1C(=O)Oc1ccc(-c2cn3cc([N+](=O)[O-])ccc3n2)cc1. The van der Waals surface area contributed by atoms with Crippen molar-refractivity contribution >= 4 is 17.3 Å². The molecule has 0 radical (unpaired) electrons. The van der Waals surface area contributed by atoms with E-state index in [-0.39, 0.29) is 5.69 Å². The second kappa shape index (κ2) is 7.43. The molecular formula is C21H15N3O5. The Morgan fingerprint density at radius 2 is 1.79 bits per heavy atom. The molecule has 0 aliphatic carbocycles. The minimum Gasteiger partial charge on any atom is -0.496 e. The van der Waals surface area contributed by atoms with Gasteiger partial charge in [0.15, 0.2) is 0 Å². The topological polar surface area (TPSA) is 96.0 Å². The fraction of sp³-hybridized carbons (Fsp3) is 0.0476. The Hall–Kier alpha value is -4.20. The first kappa shape index (κ1) is 18.2. The van der Waals surface area contributed by atoms with E-state index in [0.29, 0.717) is 28.4 Å². The van der Waals surface area contributed by atoms with Crippen LogP contribution in [0.1, 0.15) is 10.4 Å². The molecule has 2 aromatic carbocycles. The fourth-order valence-corrected chi connectivity index (χ4v) is 2.90. The van der Waals surface area contributed by atoms with Gasteiger partial charge in [0.05, 0.1) is 23.9 Å². The summed E-state index contributed by atoms with van der Waals surface area (Å²) in [5.41, 5.74) is 2.35. The smallest absolute Gasteiger partial charge is 0.347 e. The monoisotopic (exact) mass is 389 g/mol. The van der Waals surface area contributed by atoms with E-state index in [1.807, 2.05) is 0 Å². The molecule has 0 bridgehead atoms. The van der Waals surface area contributed by atoms with E-state index in [1.54, 1.807) is 65.2 Å². The number of hydrogen-bond donors (Lipinski definition) is 0. The molecular weight excluding hydrogens is 374 g/mol. The van der Waals surface area contributed by atoms with E-state index < -0.39 is 10.9 Å². The molecule has 8 heteroatoms. The highest BCUT2D eigenvalue weighted by molar-refractivity contribution is 5.94. The van der Waals surface area contributed by atoms with Gasteiger partial charge < -0.3 is 9.47 Å². The summed E-state index contributed by atoms with van der Waals surface area (Å²) < 4.78 is 12.2. The van der Waals surface area contributed by atoms with Gasteiger partial charge in [-0.1, -0.05) is 12.1 Å². The van der Waals surface area contributed by atoms with Gasteiger partial charge in [-0.05, 0) is 42.5 Å². The molecule has 0 atom stereocenters. The second-order valence-corrected chi connectivity index (χ2v) is 6.15. The van der Waals surface area contributed by atoms with Gasteiger partial charge in [0.1, 0.15) is 22.7 Å². The first-order valence-corrected chi connectivity index (χ1v) is 8.64. The Morgan fingerprint density at radius 3 is 2.52 bits per heavy atom. The Balaban J connectivity index is 1.55. The maximum absolute atomic E-state index is 12.4. The number of carbonyl (C=O) groups is 1. The molecule has 0 amide bonds. The highest BCUT2D eigenvalue weighted by Crippen LogP contribution is 2.25. The first-order valence-electron chi connectivity index (χ1n) is 8.64. The number of ether oxygens (including phenoxy) is 2. The van der Waals surface area contributed by atoms with Crippen LogP contribution in [0, 0.1) is 10.1 Å². The van der Waals surface area contributed by atoms with Gasteiger partial charge >= 0.3 is 5.97 Å². The van der Waals surface area contributed by atoms with Gasteiger partial charge in [0.25, 0.3) is 5.69 Å². The van der Waals surface area contributed by atoms with Gasteiger partial charge in [-0.2, -0.15) is 0 Å². The number of rotatable bonds is 5. The minimum atomic E-state index is -0.518. The third-order valence-electron chi connectivity index (χ3n) is 4.33. The maximum Gasteiger partial charge on any atom is 0.347 e. The average Bonchev–Trinajstić information content (AvgIpc) is 3.17. The Morgan fingerprint density at radius 1 is 1.03 bits per heavy atom. The van der Waals surface area contributed by atoms with Crippen LogP contribution < -0.4 is 9.47 Å². The van der Waals surface area contributed by atoms with Crippen LogP contribution in [0.25, 0.3) is 16.9 Å². The molecule has 0 unspecified atom stereocenters. The molecule has 0 aliphatic heterocycles. The number of esters is 1. The van der Waals surface area contributed by atoms with Crippen LogP contribution in [-0.4, -0.2) is 27.4 Å². The summed E-state index contributed by atoms with van der Waals surface area (Å²) in [5, 5.41) is 10.9. The molecule has 0 aliphatic rings. The Labute approximate surface area is 165 Å². The number of para-hydroxylation sites is 1. The van der Waals surface area contributed by atoms with Crippen molar-refractivity contribution in [3.05, 3.63) is 88.7 Å². The van der Waals surface area contributed by atoms with Crippen LogP contribution in [0.2, 0.25) is 0 Å². The highest BCUT2D eigenvalue weighted by atomic mass is 16.6. The number of fused-ring (bicyclic) bond motifs is 1. The summed E-state index contributed by atoms with van der Waals surface area (Å²) in [4.78, 5) is 27.3. The largest absolute Gasteiger partial charge is 0.496 e. The van der Waals surface area contributed by atoms with Gasteiger partial charge in [0, 0.05) is 17.8 Å². The van der Waals surface area contributed by atoms with Crippen LogP contribution in [0.5, 0.6) is 11.5 Å². The lowest BCUT2D eigenvalue weighted by atomic mass is 10.1. The second-order valence-electron chi connectivity index (χ2n) is 6.15. The third kappa shape index (κ3) is 3.63. The molecule has 4 rings (SSSR count). The molecule has 144 valence electrons. The van der Waals surface area contributed by atoms with E-state index >= 15 is 0 Å². The molecule has 8 nitrogen and oxygen atoms in total. The molecule has 29 heavy (non-hydrogen) atoms. The van der Waals surface area contributed by atoms with Crippen LogP contribution >= 0.6 is 0 Å². The number of carbonyl (C=O) groups excluding carboxylic acids is 1. The van der Waals surface area contributed by atoms with Crippen LogP contribution in [0.4, 0.5) is 5.69 Å². The molecule has 0 spiro atoms. The molecule has 0 N–H and O–H groups in total. The van der Waals surface area contributed by atoms with Crippen molar-refractivity contribution in [2.45, 2.75) is 0 Å². The van der Waals surface area contributed by atoms with Gasteiger partial charge in [-0.15, -0.1) is 0 Å². The fourth-order valence-electron chi connectivity index (χ4n) is 2.90. The lowest BCUT2D eigenvalue weighted by Gasteiger charge is -2.08. The van der Waals surface area contributed by atoms with E-state index in [4.69, 9.17) is 9.47 Å². The van der Waals surface area contributed by atoms with E-state index in [0.717, 1.165) is 5.56 Å². The number of nitro groups is 1. The number of methoxy groups -OCH3 is 1. The van der Waals surface area contributed by atoms with Crippen molar-refractivity contribution in [1.82, 2.24) is 9.38 Å². The number of hydrogen-bond acceptors (Lipinski definition) is 6. The van der Waals surface area contributed by atoms with Crippen LogP contribution in [0.15, 0.2) is 73.1 Å². The predicted octanol–water partition coefficient (Wildman–Crippen LogP) is 4.14. The van der Waals surface area contributed by atoms with Crippen molar-refractivity contribution in [2.75, 3.05) is 7.11 Å². The molecule has 0 fully saturated rings. The third-order valence-corrected chi connectivity index (χ3v) is 4.33. The normalized spacial score (nSPS) is 10.7. The number of nitrogens with zero attached hydrogens (tertiary/aromatic N) is 3. The summed E-state index contributed by atoms with van der Waals surface area (Å²) in [7, 11) is 1.49. The van der Waals surface area contributed by atoms with Crippen LogP contribution in [0.3, 0.4) is 0 Å². The summed E-state index contributed by atoms with van der Waals surface area (Å²) in [6.45, 7) is 0. The zero-order chi connectivity index (χ0) is 20.4. The number of aromatic nitrogens is 2. The van der Waals surface area contributed by atoms with Gasteiger partial charge in [-0.3, -0.25) is 14.5 Å². The van der Waals surface area contributed by atoms with Crippen molar-refractivity contribution in [1.29, 1.82) is 0 Å². The van der Waals surface area contributed by atoms with Gasteiger partial charge in [0.2, 0.25) is 0 Å². The highest BCUT2D eigenvalue weighted by Gasteiger charge is 2.14. The lowest BCUT2D eigenvalue weighted by Crippen LogP contribution is -2.09. The maximum atomic E-state index is 12.4. The molecule has 0 saturated carbocycles. The van der Waals surface area contributed by atoms with Crippen LogP contribution in [-0.2, 0) is 0 Å². The minimum absolute atomic E-state index is 0.0138. The average molecular weight is 389 g/mol. The summed E-state index contributed by atoms with van der Waals surface area (Å²) >= 11 is 0. The summed E-state index contributed by atoms with van der Waals surface area (Å²) in [5.74, 6) is 0.298. The number of imidazole rings is 1. The summed E-state index contributed by atoms with van der Waals surface area (Å²) in [6.07, 6.45) is 3.12. The quantitative estimate of drug-likeness (QED) is 0.220. The molecule has 2 heterocycles. The zero-order valence-electron chi connectivity index (χ0n) is 15.3. The van der Waals surface area contributed by atoms with Crippen molar-refractivity contribution in [2.24, 2.45) is 0 Å². The lowest BCUT2D eigenvalue weighted by molar-refractivity contribution is -0.385. The molecule has 0 saturated heterocycles. The predicted molar refractivity (Wildman–Crippen MR) is 105 cm³/mol.